The third-order valence-corrected chi connectivity index (χ3v) is 8.18. The van der Waals surface area contributed by atoms with Crippen LogP contribution in [-0.4, -0.2) is 221 Å². The number of hydrogen-bond donors (Lipinski definition) is 14. The number of rotatable bonds is 10. The van der Waals surface area contributed by atoms with Crippen LogP contribution in [0.15, 0.2) is 0 Å². The van der Waals surface area contributed by atoms with E-state index < -0.39 is 149 Å². The summed E-state index contributed by atoms with van der Waals surface area (Å²) in [5.74, 6) is 0. The molecule has 21 heteroatoms. The second kappa shape index (κ2) is 15.6. The molecule has 0 aromatic rings. The lowest BCUT2D eigenvalue weighted by molar-refractivity contribution is -0.372. The molecule has 0 aromatic carbocycles. The molecule has 4 rings (SSSR count). The highest BCUT2D eigenvalue weighted by Crippen LogP contribution is 2.32. The molecule has 0 aliphatic carbocycles. The molecule has 4 aliphatic rings. The van der Waals surface area contributed by atoms with Gasteiger partial charge in [0.1, 0.15) is 97.7 Å². The number of ether oxygens (including phenoxy) is 7. The van der Waals surface area contributed by atoms with E-state index in [1.807, 2.05) is 0 Å². The Labute approximate surface area is 254 Å². The molecule has 4 saturated heterocycles. The number of aliphatic hydroxyl groups excluding tert-OH is 14. The molecule has 20 atom stereocenters. The van der Waals surface area contributed by atoms with Crippen molar-refractivity contribution in [3.05, 3.63) is 0 Å². The molecular formula is C24H42O21. The third kappa shape index (κ3) is 7.59. The van der Waals surface area contributed by atoms with Gasteiger partial charge in [0.2, 0.25) is 0 Å². The predicted octanol–water partition coefficient (Wildman–Crippen LogP) is -9.75. The maximum atomic E-state index is 10.8. The van der Waals surface area contributed by atoms with E-state index in [1.54, 1.807) is 0 Å². The largest absolute Gasteiger partial charge is 0.394 e. The summed E-state index contributed by atoms with van der Waals surface area (Å²) in [4.78, 5) is 0. The van der Waals surface area contributed by atoms with E-state index in [4.69, 9.17) is 33.2 Å². The highest BCUT2D eigenvalue weighted by molar-refractivity contribution is 4.96. The van der Waals surface area contributed by atoms with Crippen LogP contribution in [0.1, 0.15) is 0 Å². The van der Waals surface area contributed by atoms with Crippen molar-refractivity contribution in [2.45, 2.75) is 123 Å². The van der Waals surface area contributed by atoms with Gasteiger partial charge in [0.05, 0.1) is 26.4 Å². The van der Waals surface area contributed by atoms with E-state index in [2.05, 4.69) is 0 Å². The molecule has 4 fully saturated rings. The number of aliphatic hydroxyl groups is 14. The first-order chi connectivity index (χ1) is 21.2. The van der Waals surface area contributed by atoms with E-state index in [0.29, 0.717) is 0 Å². The molecule has 0 spiro atoms. The Morgan fingerprint density at radius 3 is 1.24 bits per heavy atom. The lowest BCUT2D eigenvalue weighted by Crippen LogP contribution is -2.66. The van der Waals surface area contributed by atoms with Gasteiger partial charge in [0.25, 0.3) is 0 Å². The average Bonchev–Trinajstić information content (AvgIpc) is 3.03. The topological polar surface area (TPSA) is 348 Å². The summed E-state index contributed by atoms with van der Waals surface area (Å²) < 4.78 is 37.7. The van der Waals surface area contributed by atoms with Gasteiger partial charge in [-0.15, -0.1) is 0 Å². The molecule has 0 saturated carbocycles. The SMILES string of the molecule is OC[C@H]1O[C@H](O[C@H]2[C@H](O)[C@@H](O)[C@H](OC[C@H]3OC(O)[C@H](O)[C@@H](O)[C@@H]3O[C@H]3O[C@H](CO)[C@@H](O)[C@H](O)[C@H]3O)O[C@@H]2CO)[C@H](O)[C@@H](O)[C@@H]1O. The lowest BCUT2D eigenvalue weighted by Gasteiger charge is -2.47. The van der Waals surface area contributed by atoms with Crippen molar-refractivity contribution < 1.29 is 105 Å². The van der Waals surface area contributed by atoms with Crippen molar-refractivity contribution in [3.8, 4) is 0 Å². The smallest absolute Gasteiger partial charge is 0.187 e. The van der Waals surface area contributed by atoms with Gasteiger partial charge < -0.3 is 105 Å². The second-order valence-corrected chi connectivity index (χ2v) is 11.2. The summed E-state index contributed by atoms with van der Waals surface area (Å²) in [5, 5.41) is 142. The molecule has 0 aromatic heterocycles. The fourth-order valence-electron chi connectivity index (χ4n) is 5.44. The molecule has 14 N–H and O–H groups in total. The minimum absolute atomic E-state index is 0.728. The molecule has 0 amide bonds. The highest BCUT2D eigenvalue weighted by atomic mass is 16.8. The molecule has 45 heavy (non-hydrogen) atoms. The minimum atomic E-state index is -1.99. The van der Waals surface area contributed by atoms with Gasteiger partial charge in [-0.05, 0) is 0 Å². The summed E-state index contributed by atoms with van der Waals surface area (Å²) in [6, 6.07) is 0. The predicted molar refractivity (Wildman–Crippen MR) is 134 cm³/mol. The Kier molecular flexibility index (Phi) is 12.8. The van der Waals surface area contributed by atoms with Gasteiger partial charge in [-0.1, -0.05) is 0 Å². The summed E-state index contributed by atoms with van der Waals surface area (Å²) in [6.45, 7) is -3.16. The van der Waals surface area contributed by atoms with Gasteiger partial charge >= 0.3 is 0 Å². The second-order valence-electron chi connectivity index (χ2n) is 11.2. The Morgan fingerprint density at radius 2 is 0.778 bits per heavy atom. The molecular weight excluding hydrogens is 624 g/mol. The van der Waals surface area contributed by atoms with Crippen molar-refractivity contribution in [2.75, 3.05) is 26.4 Å². The fraction of sp³-hybridized carbons (Fsp3) is 1.00. The van der Waals surface area contributed by atoms with Gasteiger partial charge in [-0.2, -0.15) is 0 Å². The Hall–Kier alpha value is -0.840. The van der Waals surface area contributed by atoms with Crippen molar-refractivity contribution in [1.29, 1.82) is 0 Å². The summed E-state index contributed by atoms with van der Waals surface area (Å²) in [5.41, 5.74) is 0. The zero-order chi connectivity index (χ0) is 33.3. The van der Waals surface area contributed by atoms with Crippen LogP contribution in [0.5, 0.6) is 0 Å². The number of hydrogen-bond acceptors (Lipinski definition) is 21. The van der Waals surface area contributed by atoms with Crippen LogP contribution in [0.4, 0.5) is 0 Å². The molecule has 0 radical (unpaired) electrons. The highest BCUT2D eigenvalue weighted by Gasteiger charge is 2.53. The van der Waals surface area contributed by atoms with E-state index in [-0.39, 0.29) is 0 Å². The van der Waals surface area contributed by atoms with E-state index in [0.717, 1.165) is 0 Å². The quantitative estimate of drug-likeness (QED) is 0.103. The Morgan fingerprint density at radius 1 is 0.378 bits per heavy atom. The first-order valence-electron chi connectivity index (χ1n) is 14.1. The average molecular weight is 667 g/mol. The van der Waals surface area contributed by atoms with Gasteiger partial charge in [0.15, 0.2) is 25.2 Å². The van der Waals surface area contributed by atoms with Gasteiger partial charge in [0, 0.05) is 0 Å². The van der Waals surface area contributed by atoms with Crippen molar-refractivity contribution >= 4 is 0 Å². The zero-order valence-corrected chi connectivity index (χ0v) is 23.5. The monoisotopic (exact) mass is 666 g/mol. The molecule has 0 bridgehead atoms. The Balaban J connectivity index is 1.43. The fourth-order valence-corrected chi connectivity index (χ4v) is 5.44. The van der Waals surface area contributed by atoms with Crippen molar-refractivity contribution in [3.63, 3.8) is 0 Å². The van der Waals surface area contributed by atoms with E-state index in [1.165, 1.54) is 0 Å². The molecule has 4 aliphatic heterocycles. The molecule has 1 unspecified atom stereocenters. The van der Waals surface area contributed by atoms with Crippen LogP contribution >= 0.6 is 0 Å². The third-order valence-electron chi connectivity index (χ3n) is 8.18. The van der Waals surface area contributed by atoms with E-state index >= 15 is 0 Å². The Bertz CT molecular complexity index is 912. The normalized spacial score (nSPS) is 52.9. The summed E-state index contributed by atoms with van der Waals surface area (Å²) >= 11 is 0. The summed E-state index contributed by atoms with van der Waals surface area (Å²) in [7, 11) is 0. The molecule has 21 nitrogen and oxygen atoms in total. The lowest BCUT2D eigenvalue weighted by atomic mass is 9.96. The van der Waals surface area contributed by atoms with Gasteiger partial charge in [-0.25, -0.2) is 0 Å². The van der Waals surface area contributed by atoms with Crippen molar-refractivity contribution in [1.82, 2.24) is 0 Å². The minimum Gasteiger partial charge on any atom is -0.394 e. The van der Waals surface area contributed by atoms with Crippen molar-refractivity contribution in [2.24, 2.45) is 0 Å². The van der Waals surface area contributed by atoms with Crippen LogP contribution in [-0.2, 0) is 33.2 Å². The van der Waals surface area contributed by atoms with Crippen LogP contribution in [0.3, 0.4) is 0 Å². The first kappa shape index (κ1) is 37.0. The van der Waals surface area contributed by atoms with Crippen LogP contribution in [0.2, 0.25) is 0 Å². The van der Waals surface area contributed by atoms with Crippen LogP contribution < -0.4 is 0 Å². The molecule has 264 valence electrons. The summed E-state index contributed by atoms with van der Waals surface area (Å²) in [6.07, 6.45) is -35.0. The maximum absolute atomic E-state index is 10.8. The van der Waals surface area contributed by atoms with Gasteiger partial charge in [-0.3, -0.25) is 0 Å². The van der Waals surface area contributed by atoms with E-state index in [9.17, 15) is 71.5 Å². The van der Waals surface area contributed by atoms with Crippen LogP contribution in [0, 0.1) is 0 Å². The van der Waals surface area contributed by atoms with Crippen LogP contribution in [0.25, 0.3) is 0 Å². The standard InChI is InChI=1S/C24H42O21/c25-1-5-9(28)11(30)16(35)23(41-5)44-19-7(3-27)43-22(18(37)14(19)33)39-4-8-20(13(32)15(34)21(38)40-8)45-24-17(36)12(31)10(29)6(2-26)42-24/h5-38H,1-4H2/t5-,6-,7-,8-,9-,10-,11+,12+,13-,14-,15-,16-,17-,18-,19-,20-,21?,22-,23-,24-/m1/s1. The zero-order valence-electron chi connectivity index (χ0n) is 23.5. The maximum Gasteiger partial charge on any atom is 0.187 e. The molecule has 4 heterocycles. The first-order valence-corrected chi connectivity index (χ1v) is 14.1.